The number of carbonyl (C=O) groups excluding carboxylic acids is 1. The highest BCUT2D eigenvalue weighted by atomic mass is 32.2. The van der Waals surface area contributed by atoms with Gasteiger partial charge in [0.25, 0.3) is 15.9 Å². The van der Waals surface area contributed by atoms with Crippen molar-refractivity contribution >= 4 is 38.6 Å². The molecule has 0 unspecified atom stereocenters. The third-order valence-electron chi connectivity index (χ3n) is 4.34. The van der Waals surface area contributed by atoms with Crippen LogP contribution in [0.2, 0.25) is 0 Å². The molecule has 0 aliphatic carbocycles. The number of thiophene rings is 1. The molecule has 0 saturated heterocycles. The molecule has 0 aliphatic heterocycles. The number of carbonyl (C=O) groups is 1. The lowest BCUT2D eigenvalue weighted by Crippen LogP contribution is -2.26. The summed E-state index contributed by atoms with van der Waals surface area (Å²) in [6.07, 6.45) is 0. The van der Waals surface area contributed by atoms with E-state index in [1.54, 1.807) is 24.3 Å². The fraction of sp³-hybridized carbons (Fsp3) is 0.150. The molecule has 3 rings (SSSR count). The van der Waals surface area contributed by atoms with E-state index in [9.17, 15) is 13.2 Å². The third kappa shape index (κ3) is 4.04. The van der Waals surface area contributed by atoms with Crippen molar-refractivity contribution in [2.45, 2.75) is 18.7 Å². The van der Waals surface area contributed by atoms with Crippen molar-refractivity contribution in [1.29, 1.82) is 0 Å². The van der Waals surface area contributed by atoms with Gasteiger partial charge in [0.05, 0.1) is 15.5 Å². The van der Waals surface area contributed by atoms with Gasteiger partial charge in [-0.05, 0) is 55.3 Å². The maximum Gasteiger partial charge on any atom is 0.265 e. The lowest BCUT2D eigenvalue weighted by Gasteiger charge is -2.18. The first kappa shape index (κ1) is 19.1. The minimum absolute atomic E-state index is 0.101. The summed E-state index contributed by atoms with van der Waals surface area (Å²) in [6.45, 7) is 3.97. The van der Waals surface area contributed by atoms with Crippen LogP contribution >= 0.6 is 11.3 Å². The molecule has 1 N–H and O–H groups in total. The Balaban J connectivity index is 1.81. The fourth-order valence-corrected chi connectivity index (χ4v) is 4.87. The summed E-state index contributed by atoms with van der Waals surface area (Å²) in [5.74, 6) is -0.327. The average Bonchev–Trinajstić information content (AvgIpc) is 3.16. The van der Waals surface area contributed by atoms with Crippen molar-refractivity contribution in [3.05, 3.63) is 76.0 Å². The van der Waals surface area contributed by atoms with Gasteiger partial charge < -0.3 is 5.32 Å². The van der Waals surface area contributed by atoms with Crippen LogP contribution in [0.15, 0.2) is 64.9 Å². The van der Waals surface area contributed by atoms with Crippen LogP contribution in [0.25, 0.3) is 0 Å². The largest absolute Gasteiger partial charge is 0.321 e. The molecular formula is C20H20N2O3S2. The van der Waals surface area contributed by atoms with Crippen molar-refractivity contribution in [2.75, 3.05) is 16.7 Å². The number of benzene rings is 2. The summed E-state index contributed by atoms with van der Waals surface area (Å²) in [6, 6.07) is 15.9. The number of nitrogens with zero attached hydrogens (tertiary/aromatic N) is 1. The molecule has 1 aromatic heterocycles. The lowest BCUT2D eigenvalue weighted by atomic mass is 10.1. The van der Waals surface area contributed by atoms with E-state index in [1.807, 2.05) is 38.1 Å². The van der Waals surface area contributed by atoms with Crippen LogP contribution in [0.5, 0.6) is 0 Å². The molecule has 0 bridgehead atoms. The molecule has 1 heterocycles. The molecular weight excluding hydrogens is 380 g/mol. The van der Waals surface area contributed by atoms with Gasteiger partial charge in [0.15, 0.2) is 0 Å². The summed E-state index contributed by atoms with van der Waals surface area (Å²) < 4.78 is 26.8. The Labute approximate surface area is 163 Å². The number of para-hydroxylation sites is 1. The fourth-order valence-electron chi connectivity index (χ4n) is 2.52. The Morgan fingerprint density at radius 1 is 1.00 bits per heavy atom. The second-order valence-electron chi connectivity index (χ2n) is 6.21. The average molecular weight is 401 g/mol. The van der Waals surface area contributed by atoms with Crippen LogP contribution in [-0.4, -0.2) is 21.4 Å². The summed E-state index contributed by atoms with van der Waals surface area (Å²) in [5.41, 5.74) is 3.46. The van der Waals surface area contributed by atoms with Gasteiger partial charge in [-0.15, -0.1) is 11.3 Å². The highest BCUT2D eigenvalue weighted by Crippen LogP contribution is 2.26. The highest BCUT2D eigenvalue weighted by Gasteiger charge is 2.24. The second-order valence-corrected chi connectivity index (χ2v) is 9.09. The minimum atomic E-state index is -3.73. The number of hydrogen-bond acceptors (Lipinski definition) is 4. The van der Waals surface area contributed by atoms with Crippen LogP contribution < -0.4 is 9.62 Å². The number of rotatable bonds is 5. The van der Waals surface area contributed by atoms with Crippen LogP contribution in [0, 0.1) is 13.8 Å². The Morgan fingerprint density at radius 2 is 1.70 bits per heavy atom. The first-order valence-electron chi connectivity index (χ1n) is 8.30. The molecule has 5 nitrogen and oxygen atoms in total. The maximum absolute atomic E-state index is 12.8. The molecule has 27 heavy (non-hydrogen) atoms. The third-order valence-corrected chi connectivity index (χ3v) is 7.18. The van der Waals surface area contributed by atoms with Crippen molar-refractivity contribution in [3.63, 3.8) is 0 Å². The Hall–Kier alpha value is -2.64. The zero-order chi connectivity index (χ0) is 19.6. The number of anilines is 2. The first-order valence-corrected chi connectivity index (χ1v) is 10.6. The van der Waals surface area contributed by atoms with Crippen LogP contribution in [0.3, 0.4) is 0 Å². The van der Waals surface area contributed by atoms with Gasteiger partial charge in [0, 0.05) is 18.1 Å². The zero-order valence-corrected chi connectivity index (χ0v) is 16.9. The Morgan fingerprint density at radius 3 is 2.37 bits per heavy atom. The zero-order valence-electron chi connectivity index (χ0n) is 15.3. The van der Waals surface area contributed by atoms with E-state index in [4.69, 9.17) is 0 Å². The molecule has 0 atom stereocenters. The molecule has 0 fully saturated rings. The predicted molar refractivity (Wildman–Crippen MR) is 110 cm³/mol. The molecule has 7 heteroatoms. The number of amides is 1. The standard InChI is InChI=1S/C20H20N2O3S2/c1-14-9-10-16(11-15(14)2)21-20(23)19-12-18(13-26-19)27(24,25)22(3)17-7-5-4-6-8-17/h4-13H,1-3H3,(H,21,23). The number of hydrogen-bond donors (Lipinski definition) is 1. The molecule has 1 amide bonds. The van der Waals surface area contributed by atoms with Crippen molar-refractivity contribution < 1.29 is 13.2 Å². The Bertz CT molecular complexity index is 1070. The summed E-state index contributed by atoms with van der Waals surface area (Å²) >= 11 is 1.11. The summed E-state index contributed by atoms with van der Waals surface area (Å²) in [4.78, 5) is 12.9. The van der Waals surface area contributed by atoms with Crippen molar-refractivity contribution in [2.24, 2.45) is 0 Å². The minimum Gasteiger partial charge on any atom is -0.321 e. The van der Waals surface area contributed by atoms with Gasteiger partial charge >= 0.3 is 0 Å². The van der Waals surface area contributed by atoms with E-state index in [-0.39, 0.29) is 10.8 Å². The van der Waals surface area contributed by atoms with Gasteiger partial charge in [0.1, 0.15) is 0 Å². The summed E-state index contributed by atoms with van der Waals surface area (Å²) in [5, 5.41) is 4.31. The van der Waals surface area contributed by atoms with Gasteiger partial charge in [-0.2, -0.15) is 0 Å². The normalized spacial score (nSPS) is 11.2. The number of aryl methyl sites for hydroxylation is 2. The van der Waals surface area contributed by atoms with Crippen molar-refractivity contribution in [1.82, 2.24) is 0 Å². The van der Waals surface area contributed by atoms with Crippen molar-refractivity contribution in [3.8, 4) is 0 Å². The molecule has 0 aliphatic rings. The molecule has 0 spiro atoms. The highest BCUT2D eigenvalue weighted by molar-refractivity contribution is 7.93. The number of sulfonamides is 1. The van der Waals surface area contributed by atoms with Gasteiger partial charge in [0.2, 0.25) is 0 Å². The molecule has 2 aromatic carbocycles. The monoisotopic (exact) mass is 400 g/mol. The lowest BCUT2D eigenvalue weighted by molar-refractivity contribution is 0.103. The van der Waals surface area contributed by atoms with E-state index in [0.29, 0.717) is 16.3 Å². The summed E-state index contributed by atoms with van der Waals surface area (Å²) in [7, 11) is -2.23. The van der Waals surface area contributed by atoms with Crippen LogP contribution in [0.4, 0.5) is 11.4 Å². The van der Waals surface area contributed by atoms with Gasteiger partial charge in [-0.25, -0.2) is 8.42 Å². The predicted octanol–water partition coefficient (Wildman–Crippen LogP) is 4.44. The quantitative estimate of drug-likeness (QED) is 0.688. The maximum atomic E-state index is 12.8. The molecule has 140 valence electrons. The SMILES string of the molecule is Cc1ccc(NC(=O)c2cc(S(=O)(=O)N(C)c3ccccc3)cs2)cc1C. The van der Waals surface area contributed by atoms with Gasteiger partial charge in [-0.3, -0.25) is 9.10 Å². The number of nitrogens with one attached hydrogen (secondary N) is 1. The molecule has 3 aromatic rings. The van der Waals surface area contributed by atoms with E-state index in [2.05, 4.69) is 5.32 Å². The first-order chi connectivity index (χ1) is 12.8. The van der Waals surface area contributed by atoms with E-state index >= 15 is 0 Å². The second kappa shape index (κ2) is 7.54. The molecule has 0 saturated carbocycles. The Kier molecular flexibility index (Phi) is 5.34. The smallest absolute Gasteiger partial charge is 0.265 e. The van der Waals surface area contributed by atoms with Gasteiger partial charge in [-0.1, -0.05) is 24.3 Å². The topological polar surface area (TPSA) is 66.5 Å². The van der Waals surface area contributed by atoms with E-state index in [1.165, 1.54) is 22.8 Å². The van der Waals surface area contributed by atoms with E-state index < -0.39 is 10.0 Å². The van der Waals surface area contributed by atoms with Crippen LogP contribution in [-0.2, 0) is 10.0 Å². The van der Waals surface area contributed by atoms with Crippen LogP contribution in [0.1, 0.15) is 20.8 Å². The molecule has 0 radical (unpaired) electrons. The van der Waals surface area contributed by atoms with E-state index in [0.717, 1.165) is 22.5 Å².